The zero-order valence-corrected chi connectivity index (χ0v) is 14.8. The number of carbonyl (C=O) groups excluding carboxylic acids is 1. The molecule has 7 heteroatoms. The minimum atomic E-state index is -0.194. The van der Waals surface area contributed by atoms with E-state index in [-0.39, 0.29) is 18.0 Å². The van der Waals surface area contributed by atoms with Crippen LogP contribution in [0.4, 0.5) is 0 Å². The lowest BCUT2D eigenvalue weighted by Gasteiger charge is -2.34. The molecule has 1 aromatic carbocycles. The van der Waals surface area contributed by atoms with Gasteiger partial charge in [-0.2, -0.15) is 0 Å². The average molecular weight is 353 g/mol. The first-order valence-corrected chi connectivity index (χ1v) is 9.25. The van der Waals surface area contributed by atoms with Crippen LogP contribution >= 0.6 is 11.3 Å². The highest BCUT2D eigenvalue weighted by molar-refractivity contribution is 7.10. The third-order valence-corrected chi connectivity index (χ3v) is 5.94. The number of fused-ring (bicyclic) bond motifs is 1. The lowest BCUT2D eigenvalue weighted by atomic mass is 9.99. The Labute approximate surface area is 150 Å². The van der Waals surface area contributed by atoms with Gasteiger partial charge in [-0.1, -0.05) is 30.3 Å². The number of hydrogen-bond acceptors (Lipinski definition) is 5. The molecule has 0 fully saturated rings. The van der Waals surface area contributed by atoms with Crippen molar-refractivity contribution in [1.82, 2.24) is 25.1 Å². The standard InChI is InChI=1S/C18H19N5OS/c1-13-18-15(8-10-25-18)7-9-22(13)17(24)11-16(23-12-19-20-21-23)14-5-3-2-4-6-14/h2-6,8,10,12-13,16H,7,9,11H2,1H3. The maximum atomic E-state index is 13.1. The van der Waals surface area contributed by atoms with Crippen molar-refractivity contribution < 1.29 is 4.79 Å². The monoisotopic (exact) mass is 353 g/mol. The molecule has 2 atom stereocenters. The highest BCUT2D eigenvalue weighted by Gasteiger charge is 2.30. The van der Waals surface area contributed by atoms with Gasteiger partial charge in [0.2, 0.25) is 5.91 Å². The largest absolute Gasteiger partial charge is 0.335 e. The van der Waals surface area contributed by atoms with Gasteiger partial charge in [0.05, 0.1) is 18.5 Å². The van der Waals surface area contributed by atoms with E-state index in [0.717, 1.165) is 18.5 Å². The summed E-state index contributed by atoms with van der Waals surface area (Å²) in [6, 6.07) is 12.0. The van der Waals surface area contributed by atoms with Gasteiger partial charge in [-0.3, -0.25) is 4.79 Å². The van der Waals surface area contributed by atoms with Gasteiger partial charge in [0.1, 0.15) is 6.33 Å². The second-order valence-corrected chi connectivity index (χ2v) is 7.19. The van der Waals surface area contributed by atoms with E-state index in [1.165, 1.54) is 10.4 Å². The van der Waals surface area contributed by atoms with Crippen LogP contribution in [0, 0.1) is 0 Å². The van der Waals surface area contributed by atoms with E-state index < -0.39 is 0 Å². The lowest BCUT2D eigenvalue weighted by molar-refractivity contribution is -0.134. The minimum absolute atomic E-state index is 0.126. The zero-order chi connectivity index (χ0) is 17.2. The number of nitrogens with zero attached hydrogens (tertiary/aromatic N) is 5. The van der Waals surface area contributed by atoms with Crippen LogP contribution in [0.1, 0.15) is 41.4 Å². The Morgan fingerprint density at radius 3 is 2.92 bits per heavy atom. The lowest BCUT2D eigenvalue weighted by Crippen LogP contribution is -2.39. The van der Waals surface area contributed by atoms with E-state index in [1.807, 2.05) is 35.2 Å². The van der Waals surface area contributed by atoms with Crippen molar-refractivity contribution in [2.24, 2.45) is 0 Å². The summed E-state index contributed by atoms with van der Waals surface area (Å²) in [7, 11) is 0. The summed E-state index contributed by atoms with van der Waals surface area (Å²) in [6.45, 7) is 2.88. The molecular weight excluding hydrogens is 334 g/mol. The summed E-state index contributed by atoms with van der Waals surface area (Å²) in [5.41, 5.74) is 2.41. The Balaban J connectivity index is 1.57. The molecule has 6 nitrogen and oxygen atoms in total. The Morgan fingerprint density at radius 1 is 1.32 bits per heavy atom. The van der Waals surface area contributed by atoms with Crippen LogP contribution < -0.4 is 0 Å². The Morgan fingerprint density at radius 2 is 2.16 bits per heavy atom. The van der Waals surface area contributed by atoms with Gasteiger partial charge in [-0.05, 0) is 46.3 Å². The molecule has 2 unspecified atom stereocenters. The number of carbonyl (C=O) groups is 1. The maximum Gasteiger partial charge on any atom is 0.225 e. The van der Waals surface area contributed by atoms with Crippen LogP contribution in [0.2, 0.25) is 0 Å². The number of benzene rings is 1. The van der Waals surface area contributed by atoms with Gasteiger partial charge in [0, 0.05) is 11.4 Å². The summed E-state index contributed by atoms with van der Waals surface area (Å²) in [5, 5.41) is 13.6. The van der Waals surface area contributed by atoms with Crippen molar-refractivity contribution in [3.63, 3.8) is 0 Å². The van der Waals surface area contributed by atoms with Crippen molar-refractivity contribution in [3.05, 3.63) is 64.1 Å². The molecule has 128 valence electrons. The van der Waals surface area contributed by atoms with Crippen molar-refractivity contribution >= 4 is 17.2 Å². The SMILES string of the molecule is CC1c2sccc2CCN1C(=O)CC(c1ccccc1)n1cnnn1. The molecule has 1 aliphatic heterocycles. The number of rotatable bonds is 4. The third kappa shape index (κ3) is 3.07. The second-order valence-electron chi connectivity index (χ2n) is 6.24. The summed E-state index contributed by atoms with van der Waals surface area (Å²) in [5.74, 6) is 0.135. The van der Waals surface area contributed by atoms with Crippen LogP contribution in [0.5, 0.6) is 0 Å². The van der Waals surface area contributed by atoms with Crippen molar-refractivity contribution in [2.45, 2.75) is 31.8 Å². The van der Waals surface area contributed by atoms with Gasteiger partial charge < -0.3 is 4.90 Å². The van der Waals surface area contributed by atoms with E-state index in [9.17, 15) is 4.79 Å². The van der Waals surface area contributed by atoms with Gasteiger partial charge in [-0.25, -0.2) is 4.68 Å². The highest BCUT2D eigenvalue weighted by Crippen LogP contribution is 2.34. The molecule has 0 N–H and O–H groups in total. The molecule has 0 aliphatic carbocycles. The number of hydrogen-bond donors (Lipinski definition) is 0. The Hall–Kier alpha value is -2.54. The van der Waals surface area contributed by atoms with Crippen molar-refractivity contribution in [2.75, 3.05) is 6.54 Å². The fourth-order valence-electron chi connectivity index (χ4n) is 3.47. The van der Waals surface area contributed by atoms with Gasteiger partial charge in [0.15, 0.2) is 0 Å². The molecule has 1 amide bonds. The molecule has 0 saturated carbocycles. The number of amides is 1. The molecule has 0 saturated heterocycles. The summed E-state index contributed by atoms with van der Waals surface area (Å²) in [6.07, 6.45) is 2.85. The van der Waals surface area contributed by atoms with Crippen LogP contribution in [0.25, 0.3) is 0 Å². The number of tetrazole rings is 1. The first kappa shape index (κ1) is 16.0. The molecular formula is C18H19N5OS. The first-order valence-electron chi connectivity index (χ1n) is 8.37. The summed E-state index contributed by atoms with van der Waals surface area (Å²) in [4.78, 5) is 16.4. The predicted octanol–water partition coefficient (Wildman–Crippen LogP) is 2.86. The van der Waals surface area contributed by atoms with Gasteiger partial charge >= 0.3 is 0 Å². The first-order chi connectivity index (χ1) is 12.2. The minimum Gasteiger partial charge on any atom is -0.335 e. The van der Waals surface area contributed by atoms with Crippen molar-refractivity contribution in [1.29, 1.82) is 0 Å². The predicted molar refractivity (Wildman–Crippen MR) is 95.2 cm³/mol. The van der Waals surface area contributed by atoms with Gasteiger partial charge in [-0.15, -0.1) is 16.4 Å². The Bertz CT molecular complexity index is 846. The van der Waals surface area contributed by atoms with E-state index in [2.05, 4.69) is 33.9 Å². The fraction of sp³-hybridized carbons (Fsp3) is 0.333. The molecule has 4 rings (SSSR count). The fourth-order valence-corrected chi connectivity index (χ4v) is 4.50. The Kier molecular flexibility index (Phi) is 4.31. The molecule has 2 aromatic heterocycles. The molecule has 25 heavy (non-hydrogen) atoms. The summed E-state index contributed by atoms with van der Waals surface area (Å²) < 4.78 is 1.67. The van der Waals surface area contributed by atoms with Crippen LogP contribution in [0.3, 0.4) is 0 Å². The number of aromatic nitrogens is 4. The van der Waals surface area contributed by atoms with E-state index >= 15 is 0 Å². The normalized spacial score (nSPS) is 18.0. The molecule has 3 aromatic rings. The third-order valence-electron chi connectivity index (χ3n) is 4.81. The molecule has 1 aliphatic rings. The quantitative estimate of drug-likeness (QED) is 0.723. The smallest absolute Gasteiger partial charge is 0.225 e. The maximum absolute atomic E-state index is 13.1. The average Bonchev–Trinajstić information content (AvgIpc) is 3.32. The van der Waals surface area contributed by atoms with E-state index in [4.69, 9.17) is 0 Å². The summed E-state index contributed by atoms with van der Waals surface area (Å²) >= 11 is 1.74. The van der Waals surface area contributed by atoms with E-state index in [0.29, 0.717) is 6.42 Å². The number of thiophene rings is 1. The van der Waals surface area contributed by atoms with E-state index in [1.54, 1.807) is 22.3 Å². The molecule has 3 heterocycles. The van der Waals surface area contributed by atoms with Crippen molar-refractivity contribution in [3.8, 4) is 0 Å². The van der Waals surface area contributed by atoms with Crippen LogP contribution in [-0.2, 0) is 11.2 Å². The topological polar surface area (TPSA) is 63.9 Å². The van der Waals surface area contributed by atoms with Crippen LogP contribution in [-0.4, -0.2) is 37.6 Å². The van der Waals surface area contributed by atoms with Gasteiger partial charge in [0.25, 0.3) is 0 Å². The second kappa shape index (κ2) is 6.76. The molecule has 0 spiro atoms. The zero-order valence-electron chi connectivity index (χ0n) is 13.9. The highest BCUT2D eigenvalue weighted by atomic mass is 32.1. The van der Waals surface area contributed by atoms with Crippen LogP contribution in [0.15, 0.2) is 48.1 Å². The molecule has 0 bridgehead atoms. The molecule has 0 radical (unpaired) electrons.